The summed E-state index contributed by atoms with van der Waals surface area (Å²) in [5, 5.41) is 0. The van der Waals surface area contributed by atoms with Gasteiger partial charge in [0, 0.05) is 28.5 Å². The summed E-state index contributed by atoms with van der Waals surface area (Å²) in [6, 6.07) is 2.02. The summed E-state index contributed by atoms with van der Waals surface area (Å²) < 4.78 is 5.65. The van der Waals surface area contributed by atoms with E-state index in [2.05, 4.69) is 18.7 Å². The Hall–Kier alpha value is -0.710. The maximum Gasteiger partial charge on any atom is 0.177 e. The van der Waals surface area contributed by atoms with Gasteiger partial charge < -0.3 is 4.74 Å². The first-order valence-electron chi connectivity index (χ1n) is 7.04. The number of carbonyl (C=O) groups excluding carboxylic acids is 1. The monoisotopic (exact) mass is 281 g/mol. The van der Waals surface area contributed by atoms with Crippen LogP contribution in [0.4, 0.5) is 0 Å². The van der Waals surface area contributed by atoms with Crippen molar-refractivity contribution in [2.45, 2.75) is 39.7 Å². The molecule has 4 heteroatoms. The second-order valence-corrected chi connectivity index (χ2v) is 6.67. The van der Waals surface area contributed by atoms with E-state index in [1.54, 1.807) is 11.3 Å². The van der Waals surface area contributed by atoms with Crippen LogP contribution in [-0.4, -0.2) is 43.0 Å². The van der Waals surface area contributed by atoms with Gasteiger partial charge in [-0.2, -0.15) is 0 Å². The number of ketones is 1. The van der Waals surface area contributed by atoms with Crippen LogP contribution in [0.15, 0.2) is 6.07 Å². The number of likely N-dealkylation sites (N-methyl/N-ethyl adjacent to an activating group) is 1. The summed E-state index contributed by atoms with van der Waals surface area (Å²) in [5.41, 5.74) is 0.897. The molecule has 1 aromatic heterocycles. The molecule has 0 bridgehead atoms. The standard InChI is InChI=1S/C15H23NO2S/c1-4-16(9-13-6-5-7-18-13)10-15(17)14-8-11(2)19-12(14)3/h8,13H,4-7,9-10H2,1-3H3. The zero-order valence-corrected chi connectivity index (χ0v) is 12.9. The Morgan fingerprint density at radius 2 is 2.32 bits per heavy atom. The molecule has 1 fully saturated rings. The molecule has 0 N–H and O–H groups in total. The van der Waals surface area contributed by atoms with Gasteiger partial charge in [0.05, 0.1) is 12.6 Å². The van der Waals surface area contributed by atoms with E-state index in [0.29, 0.717) is 12.6 Å². The molecule has 3 nitrogen and oxygen atoms in total. The van der Waals surface area contributed by atoms with Crippen LogP contribution in [0.5, 0.6) is 0 Å². The van der Waals surface area contributed by atoms with Gasteiger partial charge >= 0.3 is 0 Å². The minimum absolute atomic E-state index is 0.238. The number of hydrogen-bond donors (Lipinski definition) is 0. The SMILES string of the molecule is CCN(CC(=O)c1cc(C)sc1C)CC1CCCO1. The molecule has 1 unspecified atom stereocenters. The molecule has 106 valence electrons. The van der Waals surface area contributed by atoms with Crippen LogP contribution in [0.3, 0.4) is 0 Å². The van der Waals surface area contributed by atoms with Crippen LogP contribution in [-0.2, 0) is 4.74 Å². The first kappa shape index (κ1) is 14.7. The van der Waals surface area contributed by atoms with Gasteiger partial charge in [-0.15, -0.1) is 11.3 Å². The smallest absolute Gasteiger partial charge is 0.177 e. The van der Waals surface area contributed by atoms with Crippen molar-refractivity contribution in [1.29, 1.82) is 0 Å². The molecule has 0 radical (unpaired) electrons. The lowest BCUT2D eigenvalue weighted by atomic mass is 10.1. The zero-order valence-electron chi connectivity index (χ0n) is 12.1. The van der Waals surface area contributed by atoms with Crippen LogP contribution < -0.4 is 0 Å². The lowest BCUT2D eigenvalue weighted by molar-refractivity contribution is 0.0686. The van der Waals surface area contributed by atoms with Gasteiger partial charge in [-0.3, -0.25) is 9.69 Å². The highest BCUT2D eigenvalue weighted by Gasteiger charge is 2.21. The molecular formula is C15H23NO2S. The van der Waals surface area contributed by atoms with E-state index in [1.165, 1.54) is 4.88 Å². The topological polar surface area (TPSA) is 29.5 Å². The van der Waals surface area contributed by atoms with E-state index in [1.807, 2.05) is 13.0 Å². The molecule has 0 aromatic carbocycles. The maximum atomic E-state index is 12.3. The molecular weight excluding hydrogens is 258 g/mol. The molecule has 1 atom stereocenters. The van der Waals surface area contributed by atoms with E-state index >= 15 is 0 Å². The fourth-order valence-electron chi connectivity index (χ4n) is 2.58. The summed E-state index contributed by atoms with van der Waals surface area (Å²) in [7, 11) is 0. The Morgan fingerprint density at radius 1 is 1.53 bits per heavy atom. The minimum atomic E-state index is 0.238. The average molecular weight is 281 g/mol. The van der Waals surface area contributed by atoms with Crippen molar-refractivity contribution in [2.75, 3.05) is 26.2 Å². The van der Waals surface area contributed by atoms with Gasteiger partial charge in [0.2, 0.25) is 0 Å². The quantitative estimate of drug-likeness (QED) is 0.751. The third-order valence-electron chi connectivity index (χ3n) is 3.64. The van der Waals surface area contributed by atoms with Crippen LogP contribution >= 0.6 is 11.3 Å². The Balaban J connectivity index is 1.93. The number of nitrogens with zero attached hydrogens (tertiary/aromatic N) is 1. The lowest BCUT2D eigenvalue weighted by Crippen LogP contribution is -2.36. The number of rotatable bonds is 6. The fourth-order valence-corrected chi connectivity index (χ4v) is 3.52. The molecule has 19 heavy (non-hydrogen) atoms. The first-order chi connectivity index (χ1) is 9.10. The average Bonchev–Trinajstić information content (AvgIpc) is 2.98. The summed E-state index contributed by atoms with van der Waals surface area (Å²) >= 11 is 1.70. The predicted molar refractivity (Wildman–Crippen MR) is 79.2 cm³/mol. The van der Waals surface area contributed by atoms with Crippen molar-refractivity contribution in [2.24, 2.45) is 0 Å². The Labute approximate surface area is 119 Å². The van der Waals surface area contributed by atoms with Crippen molar-refractivity contribution < 1.29 is 9.53 Å². The predicted octanol–water partition coefficient (Wildman–Crippen LogP) is 3.05. The number of thiophene rings is 1. The van der Waals surface area contributed by atoms with E-state index in [9.17, 15) is 4.79 Å². The highest BCUT2D eigenvalue weighted by molar-refractivity contribution is 7.12. The minimum Gasteiger partial charge on any atom is -0.377 e. The second kappa shape index (κ2) is 6.64. The number of carbonyl (C=O) groups is 1. The van der Waals surface area contributed by atoms with Crippen LogP contribution in [0.1, 0.15) is 39.9 Å². The van der Waals surface area contributed by atoms with Crippen molar-refractivity contribution in [3.05, 3.63) is 21.4 Å². The van der Waals surface area contributed by atoms with Gasteiger partial charge in [0.25, 0.3) is 0 Å². The number of aryl methyl sites for hydroxylation is 2. The molecule has 2 heterocycles. The van der Waals surface area contributed by atoms with Crippen molar-refractivity contribution in [1.82, 2.24) is 4.90 Å². The summed E-state index contributed by atoms with van der Waals surface area (Å²) in [6.07, 6.45) is 2.60. The van der Waals surface area contributed by atoms with Gasteiger partial charge in [-0.05, 0) is 39.3 Å². The Kier molecular flexibility index (Phi) is 5.13. The summed E-state index contributed by atoms with van der Waals surface area (Å²) in [6.45, 7) is 9.35. The molecule has 1 aliphatic heterocycles. The third-order valence-corrected chi connectivity index (χ3v) is 4.61. The molecule has 1 aromatic rings. The molecule has 2 rings (SSSR count). The molecule has 0 spiro atoms. The molecule has 0 aliphatic carbocycles. The second-order valence-electron chi connectivity index (χ2n) is 5.21. The Bertz CT molecular complexity index is 435. The molecule has 0 saturated carbocycles. The lowest BCUT2D eigenvalue weighted by Gasteiger charge is -2.22. The van der Waals surface area contributed by atoms with E-state index in [4.69, 9.17) is 4.74 Å². The van der Waals surface area contributed by atoms with E-state index in [-0.39, 0.29) is 5.78 Å². The highest BCUT2D eigenvalue weighted by atomic mass is 32.1. The van der Waals surface area contributed by atoms with Crippen molar-refractivity contribution in [3.63, 3.8) is 0 Å². The summed E-state index contributed by atoms with van der Waals surface area (Å²) in [5.74, 6) is 0.238. The Morgan fingerprint density at radius 3 is 2.84 bits per heavy atom. The summed E-state index contributed by atoms with van der Waals surface area (Å²) in [4.78, 5) is 16.9. The van der Waals surface area contributed by atoms with Gasteiger partial charge in [-0.25, -0.2) is 0 Å². The zero-order chi connectivity index (χ0) is 13.8. The molecule has 0 amide bonds. The number of ether oxygens (including phenoxy) is 1. The normalized spacial score (nSPS) is 19.3. The first-order valence-corrected chi connectivity index (χ1v) is 7.86. The fraction of sp³-hybridized carbons (Fsp3) is 0.667. The van der Waals surface area contributed by atoms with Gasteiger partial charge in [0.15, 0.2) is 5.78 Å². The van der Waals surface area contributed by atoms with Crippen molar-refractivity contribution in [3.8, 4) is 0 Å². The van der Waals surface area contributed by atoms with Gasteiger partial charge in [-0.1, -0.05) is 6.92 Å². The maximum absolute atomic E-state index is 12.3. The molecule has 1 aliphatic rings. The van der Waals surface area contributed by atoms with Crippen LogP contribution in [0.2, 0.25) is 0 Å². The van der Waals surface area contributed by atoms with E-state index in [0.717, 1.165) is 43.0 Å². The number of Topliss-reactive ketones (excluding diaryl/α,β-unsaturated/α-hetero) is 1. The highest BCUT2D eigenvalue weighted by Crippen LogP contribution is 2.21. The van der Waals surface area contributed by atoms with Crippen LogP contribution in [0.25, 0.3) is 0 Å². The van der Waals surface area contributed by atoms with Crippen molar-refractivity contribution >= 4 is 17.1 Å². The largest absolute Gasteiger partial charge is 0.377 e. The third kappa shape index (κ3) is 3.88. The molecule has 1 saturated heterocycles. The van der Waals surface area contributed by atoms with E-state index < -0.39 is 0 Å². The number of hydrogen-bond acceptors (Lipinski definition) is 4. The van der Waals surface area contributed by atoms with Gasteiger partial charge in [0.1, 0.15) is 0 Å². The van der Waals surface area contributed by atoms with Crippen LogP contribution in [0, 0.1) is 13.8 Å².